The molecule has 0 aliphatic rings. The van der Waals surface area contributed by atoms with Crippen molar-refractivity contribution in [1.82, 2.24) is 4.72 Å². The van der Waals surface area contributed by atoms with Crippen LogP contribution in [-0.2, 0) is 10.0 Å². The number of aliphatic hydroxyl groups is 1. The molecule has 0 amide bonds. The van der Waals surface area contributed by atoms with Gasteiger partial charge in [0.1, 0.15) is 10.6 Å². The third-order valence-corrected chi connectivity index (χ3v) is 5.43. The number of hydrogen-bond donors (Lipinski definition) is 2. The van der Waals surface area contributed by atoms with Crippen molar-refractivity contribution in [3.63, 3.8) is 0 Å². The summed E-state index contributed by atoms with van der Waals surface area (Å²) < 4.78 is 32.3. The molecule has 0 aliphatic carbocycles. The van der Waals surface area contributed by atoms with Gasteiger partial charge in [-0.2, -0.15) is 11.3 Å². The maximum atomic E-state index is 12.4. The fraction of sp³-hybridized carbons (Fsp3) is 0.333. The van der Waals surface area contributed by atoms with Crippen LogP contribution in [0.2, 0.25) is 0 Å². The van der Waals surface area contributed by atoms with Crippen molar-refractivity contribution in [3.05, 3.63) is 46.2 Å². The van der Waals surface area contributed by atoms with Gasteiger partial charge in [-0.15, -0.1) is 0 Å². The Balaban J connectivity index is 2.04. The van der Waals surface area contributed by atoms with E-state index < -0.39 is 16.1 Å². The number of benzene rings is 1. The average Bonchev–Trinajstić information content (AvgIpc) is 3.01. The molecular formula is C15H19NO4S2. The molecule has 1 heterocycles. The third kappa shape index (κ3) is 4.07. The first kappa shape index (κ1) is 17.0. The van der Waals surface area contributed by atoms with Crippen LogP contribution < -0.4 is 9.46 Å². The lowest BCUT2D eigenvalue weighted by molar-refractivity contribution is 0.169. The first-order valence-electron chi connectivity index (χ1n) is 6.78. The van der Waals surface area contributed by atoms with Crippen LogP contribution in [-0.4, -0.2) is 27.2 Å². The van der Waals surface area contributed by atoms with E-state index in [0.29, 0.717) is 12.2 Å². The first-order chi connectivity index (χ1) is 10.4. The molecule has 0 saturated heterocycles. The van der Waals surface area contributed by atoms with E-state index in [1.54, 1.807) is 18.2 Å². The molecule has 1 aromatic carbocycles. The maximum Gasteiger partial charge on any atom is 0.244 e. The number of aliphatic hydroxyl groups excluding tert-OH is 1. The Kier molecular flexibility index (Phi) is 5.57. The lowest BCUT2D eigenvalue weighted by Crippen LogP contribution is -2.26. The molecule has 2 N–H and O–H groups in total. The number of aryl methyl sites for hydroxylation is 1. The van der Waals surface area contributed by atoms with Gasteiger partial charge in [-0.3, -0.25) is 0 Å². The smallest absolute Gasteiger partial charge is 0.244 e. The van der Waals surface area contributed by atoms with Crippen LogP contribution in [0.4, 0.5) is 0 Å². The molecule has 0 spiro atoms. The van der Waals surface area contributed by atoms with Crippen LogP contribution in [0.5, 0.6) is 5.75 Å². The van der Waals surface area contributed by atoms with E-state index in [1.807, 2.05) is 23.8 Å². The maximum absolute atomic E-state index is 12.4. The van der Waals surface area contributed by atoms with Gasteiger partial charge in [-0.05, 0) is 53.4 Å². The highest BCUT2D eigenvalue weighted by molar-refractivity contribution is 7.89. The summed E-state index contributed by atoms with van der Waals surface area (Å²) >= 11 is 1.50. The first-order valence-corrected chi connectivity index (χ1v) is 9.21. The molecule has 0 aliphatic heterocycles. The van der Waals surface area contributed by atoms with E-state index in [-0.39, 0.29) is 11.4 Å². The summed E-state index contributed by atoms with van der Waals surface area (Å²) in [4.78, 5) is 0.111. The Labute approximate surface area is 134 Å². The fourth-order valence-electron chi connectivity index (χ4n) is 2.03. The van der Waals surface area contributed by atoms with Crippen LogP contribution in [0.15, 0.2) is 39.9 Å². The normalized spacial score (nSPS) is 13.0. The number of thiophene rings is 1. The molecule has 2 rings (SSSR count). The van der Waals surface area contributed by atoms with Crippen LogP contribution >= 0.6 is 11.3 Å². The van der Waals surface area contributed by atoms with Crippen molar-refractivity contribution in [2.45, 2.75) is 24.3 Å². The van der Waals surface area contributed by atoms with Crippen LogP contribution in [0, 0.1) is 6.92 Å². The van der Waals surface area contributed by atoms with Crippen LogP contribution in [0.25, 0.3) is 0 Å². The molecule has 2 aromatic rings. The van der Waals surface area contributed by atoms with Crippen LogP contribution in [0.1, 0.15) is 23.7 Å². The number of ether oxygens (including phenoxy) is 1. The summed E-state index contributed by atoms with van der Waals surface area (Å²) in [5.74, 6) is 0.302. The van der Waals surface area contributed by atoms with E-state index in [9.17, 15) is 13.5 Å². The second-order valence-electron chi connectivity index (χ2n) is 4.91. The molecule has 7 heteroatoms. The third-order valence-electron chi connectivity index (χ3n) is 3.25. The summed E-state index contributed by atoms with van der Waals surface area (Å²) in [5.41, 5.74) is 1.64. The zero-order chi connectivity index (χ0) is 16.2. The minimum absolute atomic E-state index is 0.111. The quantitative estimate of drug-likeness (QED) is 0.811. The Morgan fingerprint density at radius 1 is 1.36 bits per heavy atom. The van der Waals surface area contributed by atoms with Gasteiger partial charge in [0.05, 0.1) is 13.2 Å². The van der Waals surface area contributed by atoms with Gasteiger partial charge in [0.15, 0.2) is 0 Å². The van der Waals surface area contributed by atoms with E-state index in [1.165, 1.54) is 18.4 Å². The van der Waals surface area contributed by atoms with Gasteiger partial charge in [0.2, 0.25) is 10.0 Å². The van der Waals surface area contributed by atoms with Crippen molar-refractivity contribution in [2.24, 2.45) is 0 Å². The van der Waals surface area contributed by atoms with E-state index >= 15 is 0 Å². The van der Waals surface area contributed by atoms with E-state index in [4.69, 9.17) is 4.74 Å². The molecule has 0 fully saturated rings. The summed E-state index contributed by atoms with van der Waals surface area (Å²) in [6.07, 6.45) is -0.363. The highest BCUT2D eigenvalue weighted by Crippen LogP contribution is 2.25. The molecule has 1 unspecified atom stereocenters. The molecular weight excluding hydrogens is 322 g/mol. The lowest BCUT2D eigenvalue weighted by Gasteiger charge is -2.13. The van der Waals surface area contributed by atoms with Crippen molar-refractivity contribution >= 4 is 21.4 Å². The van der Waals surface area contributed by atoms with E-state index in [0.717, 1.165) is 11.1 Å². The van der Waals surface area contributed by atoms with Gasteiger partial charge in [-0.25, -0.2) is 13.1 Å². The van der Waals surface area contributed by atoms with Gasteiger partial charge in [0, 0.05) is 6.54 Å². The Morgan fingerprint density at radius 3 is 2.77 bits per heavy atom. The van der Waals surface area contributed by atoms with Gasteiger partial charge in [-0.1, -0.05) is 6.07 Å². The Bertz CT molecular complexity index is 711. The molecule has 0 radical (unpaired) electrons. The zero-order valence-corrected chi connectivity index (χ0v) is 14.1. The Morgan fingerprint density at radius 2 is 2.14 bits per heavy atom. The monoisotopic (exact) mass is 341 g/mol. The Hall–Kier alpha value is -1.41. The van der Waals surface area contributed by atoms with Crippen molar-refractivity contribution < 1.29 is 18.3 Å². The summed E-state index contributed by atoms with van der Waals surface area (Å²) in [5, 5.41) is 13.7. The zero-order valence-electron chi connectivity index (χ0n) is 12.4. The minimum Gasteiger partial charge on any atom is -0.495 e. The SMILES string of the molecule is COc1ccc(C)cc1S(=O)(=O)NCCC(O)c1ccsc1. The van der Waals surface area contributed by atoms with E-state index in [2.05, 4.69) is 4.72 Å². The second-order valence-corrected chi connectivity index (χ2v) is 7.43. The minimum atomic E-state index is -3.67. The molecule has 1 atom stereocenters. The fourth-order valence-corrected chi connectivity index (χ4v) is 4.04. The number of hydrogen-bond acceptors (Lipinski definition) is 5. The van der Waals surface area contributed by atoms with Gasteiger partial charge in [0.25, 0.3) is 0 Å². The number of sulfonamides is 1. The molecule has 5 nitrogen and oxygen atoms in total. The highest BCUT2D eigenvalue weighted by atomic mass is 32.2. The van der Waals surface area contributed by atoms with Crippen LogP contribution in [0.3, 0.4) is 0 Å². The van der Waals surface area contributed by atoms with Gasteiger partial charge < -0.3 is 9.84 Å². The number of nitrogens with one attached hydrogen (secondary N) is 1. The number of methoxy groups -OCH3 is 1. The molecule has 22 heavy (non-hydrogen) atoms. The van der Waals surface area contributed by atoms with Gasteiger partial charge >= 0.3 is 0 Å². The summed E-state index contributed by atoms with van der Waals surface area (Å²) in [6.45, 7) is 1.97. The molecule has 120 valence electrons. The predicted molar refractivity (Wildman–Crippen MR) is 86.8 cm³/mol. The highest BCUT2D eigenvalue weighted by Gasteiger charge is 2.20. The van der Waals surface area contributed by atoms with Crippen molar-refractivity contribution in [2.75, 3.05) is 13.7 Å². The molecule has 0 bridgehead atoms. The van der Waals surface area contributed by atoms with Crippen molar-refractivity contribution in [3.8, 4) is 5.75 Å². The topological polar surface area (TPSA) is 75.6 Å². The average molecular weight is 341 g/mol. The number of rotatable bonds is 7. The summed E-state index contributed by atoms with van der Waals surface area (Å²) in [6, 6.07) is 6.81. The summed E-state index contributed by atoms with van der Waals surface area (Å²) in [7, 11) is -2.24. The standard InChI is InChI=1S/C15H19NO4S2/c1-11-3-4-14(20-2)15(9-11)22(18,19)16-7-5-13(17)12-6-8-21-10-12/h3-4,6,8-10,13,16-17H,5,7H2,1-2H3. The lowest BCUT2D eigenvalue weighted by atomic mass is 10.1. The second kappa shape index (κ2) is 7.23. The predicted octanol–water partition coefficient (Wildman–Crippen LogP) is 2.47. The molecule has 1 aromatic heterocycles. The molecule has 0 saturated carbocycles. The van der Waals surface area contributed by atoms with Crippen molar-refractivity contribution in [1.29, 1.82) is 0 Å². The largest absolute Gasteiger partial charge is 0.495 e.